The molecule has 1 aliphatic rings. The van der Waals surface area contributed by atoms with Crippen molar-refractivity contribution >= 4 is 17.6 Å². The molecule has 8 nitrogen and oxygen atoms in total. The van der Waals surface area contributed by atoms with Gasteiger partial charge in [-0.1, -0.05) is 29.4 Å². The van der Waals surface area contributed by atoms with Gasteiger partial charge in [-0.3, -0.25) is 9.59 Å². The number of piperidine rings is 1. The van der Waals surface area contributed by atoms with E-state index in [1.807, 2.05) is 0 Å². The minimum Gasteiger partial charge on any atom is -0.508 e. The number of amidine groups is 1. The van der Waals surface area contributed by atoms with E-state index in [2.05, 4.69) is 16.9 Å². The summed E-state index contributed by atoms with van der Waals surface area (Å²) in [4.78, 5) is 27.7. The smallest absolute Gasteiger partial charge is 0.251 e. The van der Waals surface area contributed by atoms with Crippen molar-refractivity contribution in [3.8, 4) is 5.75 Å². The Bertz CT molecular complexity index is 904. The third-order valence-corrected chi connectivity index (χ3v) is 5.05. The molecule has 2 aromatic carbocycles. The maximum atomic E-state index is 13.1. The molecule has 1 aliphatic heterocycles. The normalized spacial score (nSPS) is 15.5. The molecule has 1 atom stereocenters. The molecule has 0 aromatic heterocycles. The van der Waals surface area contributed by atoms with Gasteiger partial charge in [0.1, 0.15) is 11.8 Å². The van der Waals surface area contributed by atoms with Crippen LogP contribution in [0.5, 0.6) is 5.75 Å². The van der Waals surface area contributed by atoms with E-state index in [0.29, 0.717) is 30.6 Å². The van der Waals surface area contributed by atoms with Crippen LogP contribution in [0.1, 0.15) is 34.3 Å². The molecule has 5 N–H and O–H groups in total. The average molecular weight is 409 g/mol. The van der Waals surface area contributed by atoms with Crippen LogP contribution in [0.25, 0.3) is 0 Å². The quantitative estimate of drug-likeness (QED) is 0.250. The van der Waals surface area contributed by atoms with E-state index in [-0.39, 0.29) is 23.4 Å². The Morgan fingerprint density at radius 1 is 1.03 bits per heavy atom. The molecule has 2 aromatic rings. The lowest BCUT2D eigenvalue weighted by molar-refractivity contribution is -0.133. The average Bonchev–Trinajstić information content (AvgIpc) is 2.79. The van der Waals surface area contributed by atoms with E-state index < -0.39 is 6.04 Å². The summed E-state index contributed by atoms with van der Waals surface area (Å²) in [6.45, 7) is 1.27. The third kappa shape index (κ3) is 5.28. The number of phenols is 1. The summed E-state index contributed by atoms with van der Waals surface area (Å²) in [5.41, 5.74) is 7.22. The zero-order valence-electron chi connectivity index (χ0n) is 16.5. The summed E-state index contributed by atoms with van der Waals surface area (Å²) in [7, 11) is 0. The Hall–Kier alpha value is -3.55. The zero-order valence-corrected chi connectivity index (χ0v) is 16.5. The second kappa shape index (κ2) is 9.78. The lowest BCUT2D eigenvalue weighted by Gasteiger charge is -2.30. The number of nitrogens with one attached hydrogen (secondary N) is 1. The maximum absolute atomic E-state index is 13.1. The molecule has 0 unspecified atom stereocenters. The van der Waals surface area contributed by atoms with Gasteiger partial charge in [0.2, 0.25) is 5.91 Å². The molecular formula is C22H25N4O4. The van der Waals surface area contributed by atoms with Gasteiger partial charge in [0.25, 0.3) is 5.91 Å². The van der Waals surface area contributed by atoms with Gasteiger partial charge in [0.15, 0.2) is 5.84 Å². The lowest BCUT2D eigenvalue weighted by atomic mass is 10.0. The molecule has 1 radical (unpaired) electrons. The van der Waals surface area contributed by atoms with Crippen LogP contribution in [0.4, 0.5) is 0 Å². The summed E-state index contributed by atoms with van der Waals surface area (Å²) >= 11 is 0. The second-order valence-corrected chi connectivity index (χ2v) is 7.15. The molecule has 0 bridgehead atoms. The highest BCUT2D eigenvalue weighted by Gasteiger charge is 2.27. The van der Waals surface area contributed by atoms with Crippen LogP contribution in [-0.4, -0.2) is 52.0 Å². The number of nitrogens with zero attached hydrogens (tertiary/aromatic N) is 2. The number of aromatic hydroxyl groups is 1. The number of carbonyl (C=O) groups is 2. The number of benzene rings is 2. The highest BCUT2D eigenvalue weighted by molar-refractivity contribution is 6.00. The van der Waals surface area contributed by atoms with Crippen molar-refractivity contribution in [1.82, 2.24) is 10.2 Å². The number of oxime groups is 1. The lowest BCUT2D eigenvalue weighted by Crippen LogP contribution is -2.51. The van der Waals surface area contributed by atoms with Gasteiger partial charge >= 0.3 is 0 Å². The Labute approximate surface area is 175 Å². The van der Waals surface area contributed by atoms with Gasteiger partial charge in [-0.15, -0.1) is 0 Å². The number of phenolic OH excluding ortho intramolecular Hbond substituents is 1. The van der Waals surface area contributed by atoms with Gasteiger partial charge in [0, 0.05) is 30.6 Å². The fourth-order valence-electron chi connectivity index (χ4n) is 3.35. The van der Waals surface area contributed by atoms with Crippen molar-refractivity contribution < 1.29 is 19.9 Å². The molecule has 8 heteroatoms. The minimum atomic E-state index is -0.733. The summed E-state index contributed by atoms with van der Waals surface area (Å²) in [6.07, 6.45) is 4.13. The van der Waals surface area contributed by atoms with Crippen LogP contribution < -0.4 is 11.1 Å². The fourth-order valence-corrected chi connectivity index (χ4v) is 3.35. The number of likely N-dealkylation sites (tertiary alicyclic amines) is 1. The van der Waals surface area contributed by atoms with Crippen molar-refractivity contribution in [2.75, 3.05) is 13.1 Å². The summed E-state index contributed by atoms with van der Waals surface area (Å²) in [6, 6.07) is 12.1. The molecule has 0 aliphatic carbocycles. The van der Waals surface area contributed by atoms with Crippen molar-refractivity contribution in [2.24, 2.45) is 10.9 Å². The predicted octanol–water partition coefficient (Wildman–Crippen LogP) is 1.65. The maximum Gasteiger partial charge on any atom is 0.251 e. The van der Waals surface area contributed by atoms with Crippen LogP contribution in [0.3, 0.4) is 0 Å². The van der Waals surface area contributed by atoms with E-state index >= 15 is 0 Å². The van der Waals surface area contributed by atoms with Crippen molar-refractivity contribution in [3.63, 3.8) is 0 Å². The van der Waals surface area contributed by atoms with E-state index in [0.717, 1.165) is 18.4 Å². The van der Waals surface area contributed by atoms with Gasteiger partial charge in [-0.05, 0) is 49.1 Å². The topological polar surface area (TPSA) is 128 Å². The Balaban J connectivity index is 1.77. The van der Waals surface area contributed by atoms with E-state index in [1.54, 1.807) is 53.4 Å². The van der Waals surface area contributed by atoms with E-state index in [9.17, 15) is 14.7 Å². The van der Waals surface area contributed by atoms with Crippen LogP contribution >= 0.6 is 0 Å². The number of nitrogens with two attached hydrogens (primary N) is 1. The highest BCUT2D eigenvalue weighted by Crippen LogP contribution is 2.15. The van der Waals surface area contributed by atoms with Crippen LogP contribution in [0, 0.1) is 6.42 Å². The van der Waals surface area contributed by atoms with E-state index in [4.69, 9.17) is 10.9 Å². The van der Waals surface area contributed by atoms with Gasteiger partial charge in [0.05, 0.1) is 0 Å². The fraction of sp³-hybridized carbons (Fsp3) is 0.273. The number of hydrogen-bond donors (Lipinski definition) is 4. The molecule has 1 fully saturated rings. The number of hydrogen-bond acceptors (Lipinski definition) is 5. The summed E-state index contributed by atoms with van der Waals surface area (Å²) in [5, 5.41) is 24.0. The standard InChI is InChI=1S/C22H25N4O4/c23-20(25-30)16-6-8-17(9-7-16)21(28)24-19(14-15-4-10-18(27)11-5-15)22(29)26-12-2-1-3-13-26/h1,4-11,19,27,30H,2-3,12-14H2,(H2,23,25)(H,24,28)/t19-/m0/s1. The second-order valence-electron chi connectivity index (χ2n) is 7.15. The van der Waals surface area contributed by atoms with Gasteiger partial charge in [-0.25, -0.2) is 0 Å². The first-order chi connectivity index (χ1) is 14.5. The van der Waals surface area contributed by atoms with Crippen LogP contribution in [0.2, 0.25) is 0 Å². The van der Waals surface area contributed by atoms with Crippen molar-refractivity contribution in [1.29, 1.82) is 0 Å². The zero-order chi connectivity index (χ0) is 21.5. The van der Waals surface area contributed by atoms with Crippen molar-refractivity contribution in [3.05, 3.63) is 71.6 Å². The van der Waals surface area contributed by atoms with Crippen LogP contribution in [0.15, 0.2) is 53.7 Å². The molecule has 30 heavy (non-hydrogen) atoms. The molecule has 0 saturated carbocycles. The first-order valence-electron chi connectivity index (χ1n) is 9.75. The molecule has 2 amide bonds. The first kappa shape index (κ1) is 21.2. The molecule has 3 rings (SSSR count). The number of rotatable bonds is 6. The molecule has 0 spiro atoms. The monoisotopic (exact) mass is 409 g/mol. The Kier molecular flexibility index (Phi) is 6.90. The summed E-state index contributed by atoms with van der Waals surface area (Å²) < 4.78 is 0. The predicted molar refractivity (Wildman–Crippen MR) is 112 cm³/mol. The molecule has 1 saturated heterocycles. The third-order valence-electron chi connectivity index (χ3n) is 5.05. The first-order valence-corrected chi connectivity index (χ1v) is 9.75. The largest absolute Gasteiger partial charge is 0.508 e. The van der Waals surface area contributed by atoms with Crippen LogP contribution in [-0.2, 0) is 11.2 Å². The van der Waals surface area contributed by atoms with E-state index in [1.165, 1.54) is 0 Å². The molecule has 157 valence electrons. The Morgan fingerprint density at radius 2 is 1.63 bits per heavy atom. The minimum absolute atomic E-state index is 0.0516. The highest BCUT2D eigenvalue weighted by atomic mass is 16.4. The molecule has 1 heterocycles. The van der Waals surface area contributed by atoms with Crippen molar-refractivity contribution in [2.45, 2.75) is 25.3 Å². The SMILES string of the molecule is N/C(=N\O)c1ccc(C(=O)N[C@@H](Cc2ccc(O)cc2)C(=O)N2CC[CH]CC2)cc1. The molecular weight excluding hydrogens is 384 g/mol. The van der Waals surface area contributed by atoms with Gasteiger partial charge < -0.3 is 26.3 Å². The van der Waals surface area contributed by atoms with Gasteiger partial charge in [-0.2, -0.15) is 0 Å². The Morgan fingerprint density at radius 3 is 2.23 bits per heavy atom. The summed E-state index contributed by atoms with van der Waals surface area (Å²) in [5.74, 6) is -0.424. The number of carbonyl (C=O) groups excluding carboxylic acids is 2. The number of amides is 2.